The average molecular weight is 450 g/mol. The number of rotatable bonds is 2. The first-order valence-electron chi connectivity index (χ1n) is 13.5. The van der Waals surface area contributed by atoms with Crippen LogP contribution in [0.2, 0.25) is 0 Å². The number of fused-ring (bicyclic) bond motifs is 6. The fourth-order valence-corrected chi connectivity index (χ4v) is 4.45. The molecule has 0 spiro atoms. The number of pyridine rings is 1. The summed E-state index contributed by atoms with van der Waals surface area (Å²) in [6.45, 7) is 2.72. The minimum atomic E-state index is -2.52. The summed E-state index contributed by atoms with van der Waals surface area (Å²) in [5.41, 5.74) is 3.20. The van der Waals surface area contributed by atoms with E-state index in [4.69, 9.17) is 15.7 Å². The van der Waals surface area contributed by atoms with E-state index in [1.165, 1.54) is 6.20 Å². The first-order chi connectivity index (χ1) is 18.3. The molecule has 34 heavy (non-hydrogen) atoms. The van der Waals surface area contributed by atoms with Gasteiger partial charge >= 0.3 is 0 Å². The smallest absolute Gasteiger partial charge is 0.144 e. The van der Waals surface area contributed by atoms with E-state index in [1.807, 2.05) is 36.4 Å². The Hall–Kier alpha value is -4.10. The van der Waals surface area contributed by atoms with Crippen molar-refractivity contribution in [2.45, 2.75) is 34.0 Å². The lowest BCUT2D eigenvalue weighted by atomic mass is 9.86. The first-order valence-corrected chi connectivity index (χ1v) is 11.0. The number of aromatic nitrogens is 1. The van der Waals surface area contributed by atoms with Crippen LogP contribution < -0.4 is 0 Å². The van der Waals surface area contributed by atoms with Crippen molar-refractivity contribution in [2.75, 3.05) is 0 Å². The van der Waals surface area contributed by atoms with Crippen molar-refractivity contribution in [3.05, 3.63) is 77.5 Å². The van der Waals surface area contributed by atoms with Crippen LogP contribution in [0.3, 0.4) is 0 Å². The van der Waals surface area contributed by atoms with Gasteiger partial charge < -0.3 is 8.83 Å². The molecule has 0 saturated carbocycles. The number of nitriles is 1. The van der Waals surface area contributed by atoms with Gasteiger partial charge in [0, 0.05) is 40.2 Å². The maximum Gasteiger partial charge on any atom is 0.144 e. The van der Waals surface area contributed by atoms with E-state index in [2.05, 4.69) is 11.1 Å². The predicted octanol–water partition coefficient (Wildman–Crippen LogP) is 8.32. The van der Waals surface area contributed by atoms with Crippen molar-refractivity contribution in [3.63, 3.8) is 0 Å². The van der Waals surface area contributed by atoms with Gasteiger partial charge in [0.15, 0.2) is 0 Å². The Morgan fingerprint density at radius 1 is 0.941 bits per heavy atom. The number of aryl methyl sites for hydroxylation is 1. The third kappa shape index (κ3) is 3.24. The monoisotopic (exact) mass is 449 g/mol. The van der Waals surface area contributed by atoms with Crippen molar-refractivity contribution in [3.8, 4) is 17.3 Å². The topological polar surface area (TPSA) is 63.0 Å². The van der Waals surface area contributed by atoms with Crippen molar-refractivity contribution >= 4 is 43.9 Å². The zero-order chi connectivity index (χ0) is 27.9. The molecule has 0 aliphatic carbocycles. The Bertz CT molecular complexity index is 1990. The number of para-hydroxylation sites is 1. The molecule has 0 fully saturated rings. The van der Waals surface area contributed by atoms with Crippen LogP contribution in [0.15, 0.2) is 69.6 Å². The van der Waals surface area contributed by atoms with Crippen LogP contribution in [0.4, 0.5) is 0 Å². The second-order valence-corrected chi connectivity index (χ2v) is 9.54. The van der Waals surface area contributed by atoms with Crippen LogP contribution in [-0.4, -0.2) is 4.98 Å². The van der Waals surface area contributed by atoms with Gasteiger partial charge in [0.2, 0.25) is 0 Å². The van der Waals surface area contributed by atoms with E-state index in [9.17, 15) is 5.26 Å². The van der Waals surface area contributed by atoms with E-state index in [0.29, 0.717) is 39.2 Å². The summed E-state index contributed by atoms with van der Waals surface area (Å²) < 4.78 is 54.1. The van der Waals surface area contributed by atoms with Gasteiger partial charge in [-0.2, -0.15) is 5.26 Å². The SMILES string of the molecule is [2H]C([2H])([2H])c1cnc(-c2cccc3c2oc2cc4c(cc23)oc2cc(C#N)ccc24)cc1C([2H])([2H])C(C)(C)C. The third-order valence-corrected chi connectivity index (χ3v) is 5.91. The fourth-order valence-electron chi connectivity index (χ4n) is 4.45. The summed E-state index contributed by atoms with van der Waals surface area (Å²) >= 11 is 0. The highest BCUT2D eigenvalue weighted by Gasteiger charge is 2.18. The lowest BCUT2D eigenvalue weighted by Gasteiger charge is -2.20. The van der Waals surface area contributed by atoms with E-state index in [-0.39, 0.29) is 11.1 Å². The number of furan rings is 2. The molecule has 0 atom stereocenters. The van der Waals surface area contributed by atoms with E-state index >= 15 is 0 Å². The second-order valence-electron chi connectivity index (χ2n) is 9.54. The lowest BCUT2D eigenvalue weighted by molar-refractivity contribution is 0.410. The molecule has 0 saturated heterocycles. The molecule has 3 aromatic heterocycles. The van der Waals surface area contributed by atoms with Crippen molar-refractivity contribution in [1.82, 2.24) is 4.98 Å². The highest BCUT2D eigenvalue weighted by molar-refractivity contribution is 6.16. The lowest BCUT2D eigenvalue weighted by Crippen LogP contribution is -2.10. The van der Waals surface area contributed by atoms with Crippen molar-refractivity contribution in [2.24, 2.45) is 5.41 Å². The number of hydrogen-bond donors (Lipinski definition) is 0. The average Bonchev–Trinajstić information content (AvgIpc) is 3.42. The van der Waals surface area contributed by atoms with E-state index in [0.717, 1.165) is 21.5 Å². The van der Waals surface area contributed by atoms with Gasteiger partial charge in [0.25, 0.3) is 0 Å². The molecule has 0 aliphatic heterocycles. The molecule has 166 valence electrons. The Morgan fingerprint density at radius 3 is 2.47 bits per heavy atom. The standard InChI is InChI=1S/C30H24N2O2/c1-17-16-32-25(11-19(17)14-30(2,3)4)22-7-5-6-21-24-13-27-23(12-28(24)34-29(21)22)20-9-8-18(15-31)10-26(20)33-27/h5-13,16H,14H2,1-4H3/i1D3,14D2. The normalized spacial score (nSPS) is 15.2. The maximum atomic E-state index is 9.23. The molecule has 0 amide bonds. The minimum Gasteiger partial charge on any atom is -0.456 e. The minimum absolute atomic E-state index is 0.0915. The molecular weight excluding hydrogens is 420 g/mol. The Morgan fingerprint density at radius 2 is 1.71 bits per heavy atom. The highest BCUT2D eigenvalue weighted by Crippen LogP contribution is 2.40. The van der Waals surface area contributed by atoms with Crippen LogP contribution in [0.1, 0.15) is 44.3 Å². The van der Waals surface area contributed by atoms with Crippen LogP contribution in [0.25, 0.3) is 55.1 Å². The number of benzene rings is 3. The van der Waals surface area contributed by atoms with Crippen molar-refractivity contribution in [1.29, 1.82) is 5.26 Å². The molecule has 4 heteroatoms. The number of hydrogen-bond acceptors (Lipinski definition) is 4. The van der Waals surface area contributed by atoms with Gasteiger partial charge in [0.05, 0.1) is 17.3 Å². The summed E-state index contributed by atoms with van der Waals surface area (Å²) in [5, 5.41) is 12.6. The summed E-state index contributed by atoms with van der Waals surface area (Å²) in [6.07, 6.45) is -0.676. The zero-order valence-electron chi connectivity index (χ0n) is 24.0. The van der Waals surface area contributed by atoms with Crippen LogP contribution >= 0.6 is 0 Å². The van der Waals surface area contributed by atoms with Crippen LogP contribution in [-0.2, 0) is 6.37 Å². The number of nitrogens with zero attached hydrogens (tertiary/aromatic N) is 2. The van der Waals surface area contributed by atoms with Gasteiger partial charge in [-0.15, -0.1) is 0 Å². The zero-order valence-corrected chi connectivity index (χ0v) is 19.0. The molecule has 3 aromatic carbocycles. The molecule has 4 nitrogen and oxygen atoms in total. The quantitative estimate of drug-likeness (QED) is 0.267. The fraction of sp³-hybridized carbons (Fsp3) is 0.200. The summed E-state index contributed by atoms with van der Waals surface area (Å²) in [5.74, 6) is 0. The summed E-state index contributed by atoms with van der Waals surface area (Å²) in [6, 6.07) is 18.5. The summed E-state index contributed by atoms with van der Waals surface area (Å²) in [7, 11) is 0. The van der Waals surface area contributed by atoms with Gasteiger partial charge in [-0.25, -0.2) is 0 Å². The molecule has 0 bridgehead atoms. The summed E-state index contributed by atoms with van der Waals surface area (Å²) in [4.78, 5) is 4.46. The van der Waals surface area contributed by atoms with Crippen LogP contribution in [0.5, 0.6) is 0 Å². The molecule has 6 aromatic rings. The molecule has 3 heterocycles. The van der Waals surface area contributed by atoms with Gasteiger partial charge in [-0.05, 0) is 72.2 Å². The third-order valence-electron chi connectivity index (χ3n) is 5.91. The van der Waals surface area contributed by atoms with Crippen LogP contribution in [0, 0.1) is 23.6 Å². The Labute approximate surface area is 204 Å². The molecular formula is C30H24N2O2. The first kappa shape index (κ1) is 15.7. The van der Waals surface area contributed by atoms with E-state index in [1.54, 1.807) is 39.0 Å². The highest BCUT2D eigenvalue weighted by atomic mass is 16.3. The largest absolute Gasteiger partial charge is 0.456 e. The molecule has 0 N–H and O–H groups in total. The molecule has 0 aliphatic rings. The molecule has 0 radical (unpaired) electrons. The maximum absolute atomic E-state index is 9.23. The molecule has 0 unspecified atom stereocenters. The van der Waals surface area contributed by atoms with Gasteiger partial charge in [-0.1, -0.05) is 32.9 Å². The van der Waals surface area contributed by atoms with E-state index < -0.39 is 18.6 Å². The Kier molecular flexibility index (Phi) is 3.32. The van der Waals surface area contributed by atoms with Gasteiger partial charge in [-0.3, -0.25) is 4.98 Å². The van der Waals surface area contributed by atoms with Crippen molar-refractivity contribution < 1.29 is 15.7 Å². The van der Waals surface area contributed by atoms with Gasteiger partial charge in [0.1, 0.15) is 22.3 Å². The second kappa shape index (κ2) is 7.20. The molecule has 6 rings (SSSR count). The Balaban J connectivity index is 1.59. The predicted molar refractivity (Wildman–Crippen MR) is 137 cm³/mol.